The van der Waals surface area contributed by atoms with Gasteiger partial charge < -0.3 is 5.11 Å². The summed E-state index contributed by atoms with van der Waals surface area (Å²) in [5.74, 6) is 2.56. The lowest BCUT2D eigenvalue weighted by molar-refractivity contribution is 0.211. The molecule has 0 unspecified atom stereocenters. The summed E-state index contributed by atoms with van der Waals surface area (Å²) in [6.07, 6.45) is 8.93. The van der Waals surface area contributed by atoms with Crippen molar-refractivity contribution in [3.05, 3.63) is 23.8 Å². The monoisotopic (exact) mass is 178 g/mol. The van der Waals surface area contributed by atoms with Crippen molar-refractivity contribution in [2.75, 3.05) is 0 Å². The molecule has 0 aromatic rings. The highest BCUT2D eigenvalue weighted by atomic mass is 16.3. The van der Waals surface area contributed by atoms with E-state index in [2.05, 4.69) is 12.5 Å². The molecular formula is C12H18O. The summed E-state index contributed by atoms with van der Waals surface area (Å²) in [7, 11) is 0. The maximum atomic E-state index is 9.61. The van der Waals surface area contributed by atoms with Gasteiger partial charge in [-0.15, -0.1) is 18.9 Å². The van der Waals surface area contributed by atoms with Crippen molar-refractivity contribution in [1.82, 2.24) is 0 Å². The molecule has 72 valence electrons. The van der Waals surface area contributed by atoms with Crippen LogP contribution in [0.25, 0.3) is 0 Å². The van der Waals surface area contributed by atoms with Crippen molar-refractivity contribution in [2.45, 2.75) is 39.2 Å². The van der Waals surface area contributed by atoms with Crippen LogP contribution in [0.15, 0.2) is 23.8 Å². The third-order valence-electron chi connectivity index (χ3n) is 1.82. The molecule has 1 nitrogen and oxygen atoms in total. The van der Waals surface area contributed by atoms with Gasteiger partial charge in [-0.2, -0.15) is 0 Å². The first-order chi connectivity index (χ1) is 6.07. The van der Waals surface area contributed by atoms with Gasteiger partial charge in [-0.05, 0) is 32.3 Å². The van der Waals surface area contributed by atoms with Crippen LogP contribution in [0.5, 0.6) is 0 Å². The minimum absolute atomic E-state index is 0.393. The Bertz CT molecular complexity index is 230. The van der Waals surface area contributed by atoms with E-state index in [1.807, 2.05) is 19.9 Å². The first-order valence-electron chi connectivity index (χ1n) is 4.50. The fourth-order valence-electron chi connectivity index (χ4n) is 1.01. The van der Waals surface area contributed by atoms with Crippen LogP contribution in [-0.4, -0.2) is 11.2 Å². The number of unbranched alkanes of at least 4 members (excludes halogenated alkanes) is 1. The minimum atomic E-state index is -0.393. The van der Waals surface area contributed by atoms with Crippen LogP contribution in [0.3, 0.4) is 0 Å². The second-order valence-electron chi connectivity index (χ2n) is 3.37. The standard InChI is InChI=1S/C12H18O/c1-5-6-7-8-11(4)12(13)9-10(2)3/h1,8,12-13H,2,6-7,9H2,3-4H3/b11-8+/t12-/m0/s1. The molecule has 0 rings (SSSR count). The van der Waals surface area contributed by atoms with Crippen LogP contribution < -0.4 is 0 Å². The van der Waals surface area contributed by atoms with Crippen molar-refractivity contribution in [2.24, 2.45) is 0 Å². The first-order valence-corrected chi connectivity index (χ1v) is 4.50. The molecule has 0 saturated carbocycles. The van der Waals surface area contributed by atoms with Crippen molar-refractivity contribution in [1.29, 1.82) is 0 Å². The highest BCUT2D eigenvalue weighted by molar-refractivity contribution is 5.09. The summed E-state index contributed by atoms with van der Waals surface area (Å²) in [4.78, 5) is 0. The molecule has 0 aliphatic rings. The lowest BCUT2D eigenvalue weighted by Gasteiger charge is -2.10. The van der Waals surface area contributed by atoms with Crippen LogP contribution in [0.4, 0.5) is 0 Å². The summed E-state index contributed by atoms with van der Waals surface area (Å²) in [6, 6.07) is 0. The molecular weight excluding hydrogens is 160 g/mol. The number of aliphatic hydroxyl groups is 1. The molecule has 1 N–H and O–H groups in total. The lowest BCUT2D eigenvalue weighted by Crippen LogP contribution is -2.08. The Kier molecular flexibility index (Phi) is 6.01. The fourth-order valence-corrected chi connectivity index (χ4v) is 1.01. The molecule has 0 amide bonds. The zero-order valence-electron chi connectivity index (χ0n) is 8.51. The molecule has 0 saturated heterocycles. The zero-order chi connectivity index (χ0) is 10.3. The fraction of sp³-hybridized carbons (Fsp3) is 0.500. The van der Waals surface area contributed by atoms with Crippen LogP contribution in [0.2, 0.25) is 0 Å². The van der Waals surface area contributed by atoms with E-state index in [1.54, 1.807) is 0 Å². The van der Waals surface area contributed by atoms with E-state index in [4.69, 9.17) is 6.42 Å². The molecule has 0 radical (unpaired) electrons. The van der Waals surface area contributed by atoms with Gasteiger partial charge in [-0.1, -0.05) is 11.6 Å². The quantitative estimate of drug-likeness (QED) is 0.390. The highest BCUT2D eigenvalue weighted by Crippen LogP contribution is 2.11. The third kappa shape index (κ3) is 6.19. The first kappa shape index (κ1) is 12.0. The largest absolute Gasteiger partial charge is 0.388 e. The van der Waals surface area contributed by atoms with E-state index in [-0.39, 0.29) is 0 Å². The van der Waals surface area contributed by atoms with E-state index in [0.29, 0.717) is 6.42 Å². The highest BCUT2D eigenvalue weighted by Gasteiger charge is 2.05. The molecule has 0 bridgehead atoms. The Balaban J connectivity index is 3.94. The summed E-state index contributed by atoms with van der Waals surface area (Å²) in [5, 5.41) is 9.61. The van der Waals surface area contributed by atoms with Crippen molar-refractivity contribution < 1.29 is 5.11 Å². The third-order valence-corrected chi connectivity index (χ3v) is 1.82. The Morgan fingerprint density at radius 2 is 2.23 bits per heavy atom. The average molecular weight is 178 g/mol. The number of rotatable bonds is 5. The molecule has 0 fully saturated rings. The van der Waals surface area contributed by atoms with E-state index < -0.39 is 6.10 Å². The summed E-state index contributed by atoms with van der Waals surface area (Å²) in [6.45, 7) is 7.59. The molecule has 13 heavy (non-hydrogen) atoms. The molecule has 0 aromatic carbocycles. The smallest absolute Gasteiger partial charge is 0.0784 e. The predicted molar refractivity (Wildman–Crippen MR) is 57.3 cm³/mol. The Hall–Kier alpha value is -1.00. The lowest BCUT2D eigenvalue weighted by atomic mass is 10.0. The van der Waals surface area contributed by atoms with Gasteiger partial charge in [-0.25, -0.2) is 0 Å². The van der Waals surface area contributed by atoms with Crippen molar-refractivity contribution in [3.63, 3.8) is 0 Å². The van der Waals surface area contributed by atoms with Crippen LogP contribution in [-0.2, 0) is 0 Å². The second kappa shape index (κ2) is 6.51. The number of aliphatic hydroxyl groups excluding tert-OH is 1. The SMILES string of the molecule is C#CCC/C=C(\C)[C@@H](O)CC(=C)C. The van der Waals surface area contributed by atoms with Crippen molar-refractivity contribution >= 4 is 0 Å². The summed E-state index contributed by atoms with van der Waals surface area (Å²) < 4.78 is 0. The van der Waals surface area contributed by atoms with E-state index in [1.165, 1.54) is 0 Å². The van der Waals surface area contributed by atoms with Crippen LogP contribution in [0, 0.1) is 12.3 Å². The molecule has 0 heterocycles. The van der Waals surface area contributed by atoms with E-state index in [9.17, 15) is 5.11 Å². The number of hydrogen-bond acceptors (Lipinski definition) is 1. The van der Waals surface area contributed by atoms with Gasteiger partial charge in [-0.3, -0.25) is 0 Å². The van der Waals surface area contributed by atoms with E-state index >= 15 is 0 Å². The van der Waals surface area contributed by atoms with Gasteiger partial charge in [0.25, 0.3) is 0 Å². The topological polar surface area (TPSA) is 20.2 Å². The zero-order valence-corrected chi connectivity index (χ0v) is 8.51. The summed E-state index contributed by atoms with van der Waals surface area (Å²) >= 11 is 0. The molecule has 0 spiro atoms. The van der Waals surface area contributed by atoms with Gasteiger partial charge in [0, 0.05) is 6.42 Å². The van der Waals surface area contributed by atoms with Gasteiger partial charge in [0.2, 0.25) is 0 Å². The maximum Gasteiger partial charge on any atom is 0.0784 e. The number of allylic oxidation sites excluding steroid dienone is 1. The molecule has 0 aliphatic heterocycles. The molecule has 0 aromatic heterocycles. The predicted octanol–water partition coefficient (Wildman–Crippen LogP) is 2.67. The second-order valence-corrected chi connectivity index (χ2v) is 3.37. The molecule has 1 heteroatoms. The van der Waals surface area contributed by atoms with Gasteiger partial charge >= 0.3 is 0 Å². The van der Waals surface area contributed by atoms with Gasteiger partial charge in [0.15, 0.2) is 0 Å². The van der Waals surface area contributed by atoms with Crippen LogP contribution in [0.1, 0.15) is 33.1 Å². The normalized spacial score (nSPS) is 13.5. The molecule has 1 atom stereocenters. The Morgan fingerprint density at radius 1 is 1.62 bits per heavy atom. The Morgan fingerprint density at radius 3 is 2.69 bits per heavy atom. The average Bonchev–Trinajstić information content (AvgIpc) is 2.03. The van der Waals surface area contributed by atoms with E-state index in [0.717, 1.165) is 24.0 Å². The van der Waals surface area contributed by atoms with Gasteiger partial charge in [0.1, 0.15) is 0 Å². The van der Waals surface area contributed by atoms with Gasteiger partial charge in [0.05, 0.1) is 6.10 Å². The Labute approximate surface area is 81.2 Å². The summed E-state index contributed by atoms with van der Waals surface area (Å²) in [5.41, 5.74) is 1.98. The molecule has 0 aliphatic carbocycles. The number of terminal acetylenes is 1. The maximum absolute atomic E-state index is 9.61. The number of hydrogen-bond donors (Lipinski definition) is 1. The van der Waals surface area contributed by atoms with Crippen molar-refractivity contribution in [3.8, 4) is 12.3 Å². The minimum Gasteiger partial charge on any atom is -0.388 e. The van der Waals surface area contributed by atoms with Crippen LogP contribution >= 0.6 is 0 Å².